The van der Waals surface area contributed by atoms with Crippen LogP contribution >= 0.6 is 15.9 Å². The van der Waals surface area contributed by atoms with Gasteiger partial charge < -0.3 is 5.32 Å². The molecule has 0 amide bonds. The van der Waals surface area contributed by atoms with Crippen LogP contribution in [-0.2, 0) is 13.6 Å². The summed E-state index contributed by atoms with van der Waals surface area (Å²) in [4.78, 5) is 0. The molecule has 2 aromatic heterocycles. The van der Waals surface area contributed by atoms with Gasteiger partial charge in [-0.1, -0.05) is 0 Å². The number of rotatable bonds is 4. The van der Waals surface area contributed by atoms with Gasteiger partial charge in [0, 0.05) is 25.4 Å². The molecule has 16 heavy (non-hydrogen) atoms. The summed E-state index contributed by atoms with van der Waals surface area (Å²) < 4.78 is 4.72. The first kappa shape index (κ1) is 11.2. The average Bonchev–Trinajstić information content (AvgIpc) is 2.77. The second kappa shape index (κ2) is 4.69. The second-order valence-corrected chi connectivity index (χ2v) is 4.68. The highest BCUT2D eigenvalue weighted by Crippen LogP contribution is 2.09. The van der Waals surface area contributed by atoms with Crippen LogP contribution in [0.15, 0.2) is 29.1 Å². The molecule has 2 heterocycles. The summed E-state index contributed by atoms with van der Waals surface area (Å²) in [7, 11) is 1.92. The first-order chi connectivity index (χ1) is 7.65. The van der Waals surface area contributed by atoms with Gasteiger partial charge in [-0.3, -0.25) is 9.36 Å². The maximum absolute atomic E-state index is 4.21. The van der Waals surface area contributed by atoms with E-state index in [-0.39, 0.29) is 0 Å². The number of aromatic nitrogens is 4. The van der Waals surface area contributed by atoms with E-state index in [1.54, 1.807) is 12.4 Å². The van der Waals surface area contributed by atoms with Gasteiger partial charge in [0.25, 0.3) is 0 Å². The molecule has 1 unspecified atom stereocenters. The van der Waals surface area contributed by atoms with Crippen molar-refractivity contribution >= 4 is 21.7 Å². The predicted octanol–water partition coefficient (Wildman–Crippen LogP) is 1.88. The lowest BCUT2D eigenvalue weighted by molar-refractivity contribution is 0.556. The molecule has 0 aromatic carbocycles. The Morgan fingerprint density at radius 3 is 2.88 bits per heavy atom. The van der Waals surface area contributed by atoms with Crippen LogP contribution in [-0.4, -0.2) is 25.6 Å². The van der Waals surface area contributed by atoms with Crippen molar-refractivity contribution in [2.45, 2.75) is 19.5 Å². The van der Waals surface area contributed by atoms with Crippen LogP contribution < -0.4 is 5.32 Å². The molecule has 0 spiro atoms. The van der Waals surface area contributed by atoms with Gasteiger partial charge in [0.2, 0.25) is 0 Å². The fourth-order valence-corrected chi connectivity index (χ4v) is 1.86. The van der Waals surface area contributed by atoms with Gasteiger partial charge in [0.05, 0.1) is 23.4 Å². The van der Waals surface area contributed by atoms with Crippen LogP contribution in [0.5, 0.6) is 0 Å². The molecular weight excluding hydrogens is 270 g/mol. The van der Waals surface area contributed by atoms with Crippen molar-refractivity contribution in [2.24, 2.45) is 7.05 Å². The summed E-state index contributed by atoms with van der Waals surface area (Å²) >= 11 is 3.38. The van der Waals surface area contributed by atoms with Gasteiger partial charge in [-0.15, -0.1) is 0 Å². The highest BCUT2D eigenvalue weighted by atomic mass is 79.9. The summed E-state index contributed by atoms with van der Waals surface area (Å²) in [5, 5.41) is 11.7. The van der Waals surface area contributed by atoms with Crippen molar-refractivity contribution in [3.8, 4) is 0 Å². The van der Waals surface area contributed by atoms with Crippen molar-refractivity contribution in [3.05, 3.63) is 29.1 Å². The molecule has 0 aliphatic rings. The SMILES string of the molecule is CC(Cn1cc(Br)cn1)Nc1ccnn1C. The molecule has 86 valence electrons. The van der Waals surface area contributed by atoms with E-state index in [4.69, 9.17) is 0 Å². The minimum atomic E-state index is 0.294. The van der Waals surface area contributed by atoms with Crippen LogP contribution in [0.2, 0.25) is 0 Å². The van der Waals surface area contributed by atoms with E-state index in [9.17, 15) is 0 Å². The fourth-order valence-electron chi connectivity index (χ4n) is 1.53. The van der Waals surface area contributed by atoms with E-state index in [0.29, 0.717) is 6.04 Å². The third kappa shape index (κ3) is 2.63. The molecule has 0 fully saturated rings. The Bertz CT molecular complexity index is 461. The Morgan fingerprint density at radius 1 is 1.50 bits per heavy atom. The first-order valence-corrected chi connectivity index (χ1v) is 5.87. The monoisotopic (exact) mass is 283 g/mol. The third-order valence-corrected chi connectivity index (χ3v) is 2.69. The van der Waals surface area contributed by atoms with Crippen molar-refractivity contribution < 1.29 is 0 Å². The highest BCUT2D eigenvalue weighted by molar-refractivity contribution is 9.10. The zero-order valence-electron chi connectivity index (χ0n) is 9.26. The molecule has 0 saturated heterocycles. The Hall–Kier alpha value is -1.30. The zero-order valence-corrected chi connectivity index (χ0v) is 10.8. The van der Waals surface area contributed by atoms with Crippen molar-refractivity contribution in [1.29, 1.82) is 0 Å². The normalized spacial score (nSPS) is 12.7. The molecule has 2 aromatic rings. The summed E-state index contributed by atoms with van der Waals surface area (Å²) in [6.07, 6.45) is 5.53. The molecule has 0 aliphatic carbocycles. The van der Waals surface area contributed by atoms with Gasteiger partial charge in [-0.05, 0) is 22.9 Å². The average molecular weight is 284 g/mol. The van der Waals surface area contributed by atoms with E-state index < -0.39 is 0 Å². The molecule has 5 nitrogen and oxygen atoms in total. The summed E-state index contributed by atoms with van der Waals surface area (Å²) in [6, 6.07) is 2.25. The molecule has 0 bridgehead atoms. The van der Waals surface area contributed by atoms with Gasteiger partial charge in [-0.2, -0.15) is 10.2 Å². The van der Waals surface area contributed by atoms with E-state index >= 15 is 0 Å². The van der Waals surface area contributed by atoms with E-state index in [1.807, 2.05) is 28.7 Å². The molecule has 0 aliphatic heterocycles. The summed E-state index contributed by atoms with van der Waals surface area (Å²) in [6.45, 7) is 2.93. The molecule has 2 rings (SSSR count). The largest absolute Gasteiger partial charge is 0.366 e. The minimum Gasteiger partial charge on any atom is -0.366 e. The van der Waals surface area contributed by atoms with Gasteiger partial charge in [0.1, 0.15) is 5.82 Å². The molecule has 1 atom stereocenters. The summed E-state index contributed by atoms with van der Waals surface area (Å²) in [5.74, 6) is 1.01. The number of halogens is 1. The maximum atomic E-state index is 4.21. The lowest BCUT2D eigenvalue weighted by atomic mass is 10.3. The van der Waals surface area contributed by atoms with Gasteiger partial charge in [-0.25, -0.2) is 0 Å². The van der Waals surface area contributed by atoms with Crippen LogP contribution in [0.3, 0.4) is 0 Å². The van der Waals surface area contributed by atoms with Crippen LogP contribution in [0.25, 0.3) is 0 Å². The lowest BCUT2D eigenvalue weighted by Gasteiger charge is -2.14. The van der Waals surface area contributed by atoms with E-state index in [0.717, 1.165) is 16.8 Å². The number of hydrogen-bond acceptors (Lipinski definition) is 3. The number of nitrogens with one attached hydrogen (secondary N) is 1. The Labute approximate surface area is 103 Å². The van der Waals surface area contributed by atoms with E-state index in [1.165, 1.54) is 0 Å². The maximum Gasteiger partial charge on any atom is 0.124 e. The van der Waals surface area contributed by atoms with Gasteiger partial charge >= 0.3 is 0 Å². The fraction of sp³-hybridized carbons (Fsp3) is 0.400. The number of hydrogen-bond donors (Lipinski definition) is 1. The molecule has 1 N–H and O–H groups in total. The third-order valence-electron chi connectivity index (χ3n) is 2.28. The number of aryl methyl sites for hydroxylation is 1. The molecule has 0 saturated carbocycles. The zero-order chi connectivity index (χ0) is 11.5. The Balaban J connectivity index is 1.94. The standard InChI is InChI=1S/C10H14BrN5/c1-8(6-16-7-9(11)5-13-16)14-10-3-4-12-15(10)2/h3-5,7-8,14H,6H2,1-2H3. The van der Waals surface area contributed by atoms with Gasteiger partial charge in [0.15, 0.2) is 0 Å². The first-order valence-electron chi connectivity index (χ1n) is 5.07. The van der Waals surface area contributed by atoms with Crippen molar-refractivity contribution in [2.75, 3.05) is 5.32 Å². The Morgan fingerprint density at radius 2 is 2.31 bits per heavy atom. The second-order valence-electron chi connectivity index (χ2n) is 3.77. The molecule has 6 heteroatoms. The smallest absolute Gasteiger partial charge is 0.124 e. The van der Waals surface area contributed by atoms with Crippen LogP contribution in [0, 0.1) is 0 Å². The van der Waals surface area contributed by atoms with Crippen molar-refractivity contribution in [1.82, 2.24) is 19.6 Å². The molecule has 0 radical (unpaired) electrons. The predicted molar refractivity (Wildman–Crippen MR) is 66.2 cm³/mol. The quantitative estimate of drug-likeness (QED) is 0.932. The van der Waals surface area contributed by atoms with Crippen LogP contribution in [0.1, 0.15) is 6.92 Å². The van der Waals surface area contributed by atoms with E-state index in [2.05, 4.69) is 38.4 Å². The Kier molecular flexibility index (Phi) is 3.28. The lowest BCUT2D eigenvalue weighted by Crippen LogP contribution is -2.23. The molecular formula is C10H14BrN5. The summed E-state index contributed by atoms with van der Waals surface area (Å²) in [5.41, 5.74) is 0. The minimum absolute atomic E-state index is 0.294. The number of nitrogens with zero attached hydrogens (tertiary/aromatic N) is 4. The number of anilines is 1. The van der Waals surface area contributed by atoms with Crippen LogP contribution in [0.4, 0.5) is 5.82 Å². The topological polar surface area (TPSA) is 47.7 Å². The van der Waals surface area contributed by atoms with Crippen molar-refractivity contribution in [3.63, 3.8) is 0 Å². The highest BCUT2D eigenvalue weighted by Gasteiger charge is 2.06.